The van der Waals surface area contributed by atoms with Crippen molar-refractivity contribution in [1.82, 2.24) is 0 Å². The largest absolute Gasteiger partial charge is 0.465 e. The molecule has 1 aromatic heterocycles. The lowest BCUT2D eigenvalue weighted by molar-refractivity contribution is -0.115. The third kappa shape index (κ3) is 3.53. The predicted octanol–water partition coefficient (Wildman–Crippen LogP) is 1.88. The van der Waals surface area contributed by atoms with Crippen LogP contribution in [0.25, 0.3) is 0 Å². The molecule has 0 fully saturated rings. The number of thiophene rings is 1. The molecule has 3 N–H and O–H groups in total. The van der Waals surface area contributed by atoms with Crippen molar-refractivity contribution in [1.29, 1.82) is 0 Å². The van der Waals surface area contributed by atoms with E-state index in [-0.39, 0.29) is 21.1 Å². The van der Waals surface area contributed by atoms with Crippen molar-refractivity contribution in [3.8, 4) is 0 Å². The molecule has 0 saturated heterocycles. The molecule has 10 heteroatoms. The van der Waals surface area contributed by atoms with E-state index in [1.165, 1.54) is 0 Å². The second-order valence-corrected chi connectivity index (χ2v) is 4.52. The first-order chi connectivity index (χ1) is 9.21. The number of alkyl halides is 3. The van der Waals surface area contributed by atoms with Crippen molar-refractivity contribution in [2.45, 2.75) is 6.18 Å². The Labute approximate surface area is 115 Å². The first-order valence-electron chi connectivity index (χ1n) is 5.10. The van der Waals surface area contributed by atoms with Crippen molar-refractivity contribution in [2.24, 2.45) is 0 Å². The zero-order valence-corrected chi connectivity index (χ0v) is 11.3. The lowest BCUT2D eigenvalue weighted by Crippen LogP contribution is -2.22. The van der Waals surface area contributed by atoms with Gasteiger partial charge in [-0.25, -0.2) is 9.59 Å². The number of hydrogen-bond donors (Lipinski definition) is 2. The summed E-state index contributed by atoms with van der Waals surface area (Å²) in [6.07, 6.45) is -4.49. The Morgan fingerprint density at radius 2 is 1.80 bits per heavy atom. The Hall–Kier alpha value is -1.97. The van der Waals surface area contributed by atoms with E-state index in [0.717, 1.165) is 14.2 Å². The summed E-state index contributed by atoms with van der Waals surface area (Å²) in [5.41, 5.74) is 4.99. The highest BCUT2D eigenvalue weighted by Crippen LogP contribution is 2.37. The summed E-state index contributed by atoms with van der Waals surface area (Å²) in [6, 6.07) is 0. The number of carbonyl (C=O) groups excluding carboxylic acids is 2. The van der Waals surface area contributed by atoms with Crippen LogP contribution in [0.2, 0.25) is 0 Å². The molecule has 0 aliphatic carbocycles. The molecular weight excluding hydrogens is 301 g/mol. The molecule has 6 nitrogen and oxygen atoms in total. The lowest BCUT2D eigenvalue weighted by Gasteiger charge is -2.09. The Bertz CT molecular complexity index is 527. The number of methoxy groups -OCH3 is 2. The van der Waals surface area contributed by atoms with Gasteiger partial charge in [0.05, 0.1) is 19.9 Å². The summed E-state index contributed by atoms with van der Waals surface area (Å²) in [5.74, 6) is -1.80. The van der Waals surface area contributed by atoms with Gasteiger partial charge in [-0.3, -0.25) is 0 Å². The predicted molar refractivity (Wildman–Crippen MR) is 66.0 cm³/mol. The minimum Gasteiger partial charge on any atom is -0.465 e. The highest BCUT2D eigenvalue weighted by molar-refractivity contribution is 7.19. The van der Waals surface area contributed by atoms with Gasteiger partial charge in [-0.2, -0.15) is 13.2 Å². The van der Waals surface area contributed by atoms with Crippen molar-refractivity contribution >= 4 is 34.0 Å². The molecule has 0 atom stereocenters. The van der Waals surface area contributed by atoms with Gasteiger partial charge in [0.2, 0.25) is 0 Å². The molecular formula is C10H11F3N2O4S. The molecule has 0 aliphatic rings. The number of hydrogen-bond acceptors (Lipinski definition) is 7. The van der Waals surface area contributed by atoms with Gasteiger partial charge in [0.1, 0.15) is 22.0 Å². The van der Waals surface area contributed by atoms with Crippen molar-refractivity contribution < 1.29 is 32.2 Å². The lowest BCUT2D eigenvalue weighted by atomic mass is 10.2. The van der Waals surface area contributed by atoms with Gasteiger partial charge < -0.3 is 20.5 Å². The van der Waals surface area contributed by atoms with Crippen LogP contribution < -0.4 is 11.1 Å². The summed E-state index contributed by atoms with van der Waals surface area (Å²) in [4.78, 5) is 22.8. The molecule has 0 bridgehead atoms. The number of carbonyl (C=O) groups is 2. The third-order valence-corrected chi connectivity index (χ3v) is 3.30. The Morgan fingerprint density at radius 3 is 2.25 bits per heavy atom. The maximum atomic E-state index is 12.2. The van der Waals surface area contributed by atoms with Gasteiger partial charge in [0.15, 0.2) is 0 Å². The number of rotatable bonds is 4. The molecule has 1 heterocycles. The van der Waals surface area contributed by atoms with E-state index in [4.69, 9.17) is 5.73 Å². The summed E-state index contributed by atoms with van der Waals surface area (Å²) in [7, 11) is 2.13. The van der Waals surface area contributed by atoms with Crippen molar-refractivity contribution in [2.75, 3.05) is 31.8 Å². The van der Waals surface area contributed by atoms with E-state index >= 15 is 0 Å². The van der Waals surface area contributed by atoms with E-state index in [1.807, 2.05) is 5.32 Å². The molecule has 0 amide bonds. The van der Waals surface area contributed by atoms with Crippen molar-refractivity contribution in [3.05, 3.63) is 10.4 Å². The maximum absolute atomic E-state index is 12.2. The van der Waals surface area contributed by atoms with Crippen LogP contribution in [0.15, 0.2) is 0 Å². The molecule has 112 valence electrons. The van der Waals surface area contributed by atoms with Crippen LogP contribution in [-0.4, -0.2) is 38.9 Å². The fraction of sp³-hybridized carbons (Fsp3) is 0.400. The van der Waals surface area contributed by atoms with Gasteiger partial charge in [-0.15, -0.1) is 11.3 Å². The average molecular weight is 312 g/mol. The minimum atomic E-state index is -4.49. The van der Waals surface area contributed by atoms with E-state index in [2.05, 4.69) is 9.47 Å². The number of nitrogens with two attached hydrogens (primary N) is 1. The standard InChI is InChI=1S/C10H11F3N2O4S/c1-18-8(16)4-5(14)6(9(17)19-2)20-7(4)15-3-10(11,12)13/h15H,3,14H2,1-2H3. The Kier molecular flexibility index (Phi) is 4.82. The summed E-state index contributed by atoms with van der Waals surface area (Å²) in [5, 5.41) is 1.81. The SMILES string of the molecule is COC(=O)c1sc(NCC(F)(F)F)c(C(=O)OC)c1N. The van der Waals surface area contributed by atoms with E-state index in [9.17, 15) is 22.8 Å². The van der Waals surface area contributed by atoms with Crippen molar-refractivity contribution in [3.63, 3.8) is 0 Å². The first-order valence-corrected chi connectivity index (χ1v) is 5.92. The van der Waals surface area contributed by atoms with Gasteiger partial charge >= 0.3 is 18.1 Å². The van der Waals surface area contributed by atoms with Crippen LogP contribution in [-0.2, 0) is 9.47 Å². The molecule has 0 unspecified atom stereocenters. The Morgan fingerprint density at radius 1 is 1.25 bits per heavy atom. The molecule has 1 aromatic rings. The van der Waals surface area contributed by atoms with Gasteiger partial charge in [0, 0.05) is 0 Å². The maximum Gasteiger partial charge on any atom is 0.405 e. The monoisotopic (exact) mass is 312 g/mol. The zero-order valence-electron chi connectivity index (χ0n) is 10.5. The van der Waals surface area contributed by atoms with Crippen LogP contribution in [0, 0.1) is 0 Å². The molecule has 0 saturated carbocycles. The van der Waals surface area contributed by atoms with Gasteiger partial charge in [-0.1, -0.05) is 0 Å². The third-order valence-electron chi connectivity index (χ3n) is 2.15. The highest BCUT2D eigenvalue weighted by Gasteiger charge is 2.31. The average Bonchev–Trinajstić information content (AvgIpc) is 2.71. The number of anilines is 2. The summed E-state index contributed by atoms with van der Waals surface area (Å²) < 4.78 is 45.4. The van der Waals surface area contributed by atoms with Crippen LogP contribution >= 0.6 is 11.3 Å². The molecule has 20 heavy (non-hydrogen) atoms. The van der Waals surface area contributed by atoms with E-state index in [0.29, 0.717) is 11.3 Å². The van der Waals surface area contributed by atoms with E-state index in [1.54, 1.807) is 0 Å². The van der Waals surface area contributed by atoms with Gasteiger partial charge in [0.25, 0.3) is 0 Å². The second kappa shape index (κ2) is 5.99. The van der Waals surface area contributed by atoms with Crippen LogP contribution in [0.4, 0.5) is 23.9 Å². The number of ether oxygens (including phenoxy) is 2. The number of halogens is 3. The topological polar surface area (TPSA) is 90.6 Å². The first kappa shape index (κ1) is 16.1. The quantitative estimate of drug-likeness (QED) is 0.825. The molecule has 0 aromatic carbocycles. The van der Waals surface area contributed by atoms with E-state index < -0.39 is 24.7 Å². The van der Waals surface area contributed by atoms with Gasteiger partial charge in [-0.05, 0) is 0 Å². The van der Waals surface area contributed by atoms with Crippen LogP contribution in [0.5, 0.6) is 0 Å². The summed E-state index contributed by atoms with van der Waals surface area (Å²) >= 11 is 0.592. The number of nitrogen functional groups attached to an aromatic ring is 1. The molecule has 0 aliphatic heterocycles. The summed E-state index contributed by atoms with van der Waals surface area (Å²) in [6.45, 7) is -1.38. The second-order valence-electron chi connectivity index (χ2n) is 3.50. The highest BCUT2D eigenvalue weighted by atomic mass is 32.1. The van der Waals surface area contributed by atoms with Crippen LogP contribution in [0.1, 0.15) is 20.0 Å². The minimum absolute atomic E-state index is 0.169. The zero-order chi connectivity index (χ0) is 15.5. The molecule has 0 spiro atoms. The molecule has 0 radical (unpaired) electrons. The van der Waals surface area contributed by atoms with Crippen LogP contribution in [0.3, 0.4) is 0 Å². The fourth-order valence-corrected chi connectivity index (χ4v) is 2.32. The Balaban J connectivity index is 3.20. The molecule has 1 rings (SSSR count). The number of esters is 2. The fourth-order valence-electron chi connectivity index (χ4n) is 1.30. The number of nitrogens with one attached hydrogen (secondary N) is 1. The normalized spacial score (nSPS) is 11.1. The smallest absolute Gasteiger partial charge is 0.405 e.